The van der Waals surface area contributed by atoms with Gasteiger partial charge >= 0.3 is 12.2 Å². The van der Waals surface area contributed by atoms with E-state index in [4.69, 9.17) is 19.4 Å². The Morgan fingerprint density at radius 3 is 1.69 bits per heavy atom. The van der Waals surface area contributed by atoms with Crippen molar-refractivity contribution in [1.29, 1.82) is 0 Å². The molecule has 62 heavy (non-hydrogen) atoms. The summed E-state index contributed by atoms with van der Waals surface area (Å²) in [5.74, 6) is 1.64. The summed E-state index contributed by atoms with van der Waals surface area (Å²) in [4.78, 5) is 71.9. The summed E-state index contributed by atoms with van der Waals surface area (Å²) in [6, 6.07) is 17.1. The Morgan fingerprint density at radius 1 is 0.677 bits per heavy atom. The number of ether oxygens (including phenoxy) is 2. The molecule has 14 nitrogen and oxygen atoms in total. The number of amides is 4. The summed E-state index contributed by atoms with van der Waals surface area (Å²) in [5, 5.41) is 7.64. The number of rotatable bonds is 12. The Balaban J connectivity index is 0.00000256. The number of H-pyrrole nitrogens is 2. The molecule has 4 amide bonds. The molecule has 0 aliphatic carbocycles. The van der Waals surface area contributed by atoms with Crippen LogP contribution in [0.3, 0.4) is 0 Å². The lowest BCUT2D eigenvalue weighted by atomic mass is 9.99. The first-order valence-electron chi connectivity index (χ1n) is 20.3. The molecule has 2 aliphatic rings. The second-order valence-corrected chi connectivity index (χ2v) is 16.3. The molecule has 338 valence electrons. The molecule has 18 heteroatoms. The van der Waals surface area contributed by atoms with E-state index in [2.05, 4.69) is 69.1 Å². The molecule has 5 aromatic rings. The largest absolute Gasteiger partial charge is 0.453 e. The molecule has 2 aliphatic heterocycles. The van der Waals surface area contributed by atoms with Crippen LogP contribution in [-0.2, 0) is 19.1 Å². The van der Waals surface area contributed by atoms with Crippen molar-refractivity contribution in [3.63, 3.8) is 0 Å². The molecule has 7 rings (SSSR count). The zero-order valence-corrected chi connectivity index (χ0v) is 40.1. The number of likely N-dealkylation sites (tertiary alicyclic amines) is 2. The van der Waals surface area contributed by atoms with E-state index >= 15 is 0 Å². The minimum atomic E-state index is -0.670. The first kappa shape index (κ1) is 51.8. The van der Waals surface area contributed by atoms with Crippen LogP contribution in [0.2, 0.25) is 0 Å². The Labute approximate surface area is 391 Å². The molecule has 0 unspecified atom stereocenters. The van der Waals surface area contributed by atoms with Gasteiger partial charge in [0.25, 0.3) is 0 Å². The monoisotopic (exact) mass is 926 g/mol. The number of fused-ring (bicyclic) bond motifs is 2. The van der Waals surface area contributed by atoms with Gasteiger partial charge in [-0.1, -0.05) is 58.0 Å². The summed E-state index contributed by atoms with van der Waals surface area (Å²) < 4.78 is 9.61. The first-order valence-corrected chi connectivity index (χ1v) is 20.3. The Morgan fingerprint density at radius 2 is 1.16 bits per heavy atom. The van der Waals surface area contributed by atoms with E-state index in [9.17, 15) is 19.2 Å². The highest BCUT2D eigenvalue weighted by molar-refractivity contribution is 7.59. The number of hydrogen-bond donors (Lipinski definition) is 4. The SMILES string of the molecule is COC(=O)N[C@@H](CC(C)C)C(=O)N1CCC[C@H]1c1ncc(-c2ccc3cc(-c4ccc5nc([C@@H]6CCCN6C(=O)[C@H](CC(C)C)NC(=O)OC)[nH]c5c4)ccc3c2)[nH]1.S.S.S.S. The van der Waals surface area contributed by atoms with Crippen LogP contribution >= 0.6 is 54.0 Å². The number of hydrogen-bond acceptors (Lipinski definition) is 8. The Kier molecular flexibility index (Phi) is 19.0. The van der Waals surface area contributed by atoms with Gasteiger partial charge in [-0.2, -0.15) is 54.0 Å². The number of nitrogens with one attached hydrogen (secondary N) is 4. The van der Waals surface area contributed by atoms with Crippen molar-refractivity contribution >= 4 is 99.8 Å². The number of imidazole rings is 2. The van der Waals surface area contributed by atoms with E-state index in [1.807, 2.05) is 49.8 Å². The van der Waals surface area contributed by atoms with Crippen LogP contribution in [0.25, 0.3) is 44.2 Å². The summed E-state index contributed by atoms with van der Waals surface area (Å²) in [7, 11) is 2.60. The predicted molar refractivity (Wildman–Crippen MR) is 263 cm³/mol. The van der Waals surface area contributed by atoms with Gasteiger partial charge in [0.1, 0.15) is 23.7 Å². The predicted octanol–water partition coefficient (Wildman–Crippen LogP) is 8.09. The number of nitrogens with zero attached hydrogens (tertiary/aromatic N) is 4. The molecule has 0 radical (unpaired) electrons. The standard InChI is InChI=1S/C44H54N8O6.4H2S/c1-25(2)19-34(49-43(55)57-5)41(53)51-17-7-9-37(51)39-45-24-36(48-39)31-14-13-27-21-28(11-12-29(27)22-31)30-15-16-32-33(23-30)47-40(46-32)38-10-8-18-52(38)42(54)35(20-26(3)4)50-44(56)58-6;;;;/h11-16,21-26,34-35,37-38H,7-10,17-20H2,1-6H3,(H,45,48)(H,46,47)(H,49,55)(H,50,56);4*1H2/t34-,35-,37-,38-;;;;/m0..../s1. The molecular formula is C44H62N8O6S4. The molecule has 2 aromatic heterocycles. The average molecular weight is 927 g/mol. The van der Waals surface area contributed by atoms with Crippen LogP contribution in [0.1, 0.15) is 90.0 Å². The maximum Gasteiger partial charge on any atom is 0.407 e. The highest BCUT2D eigenvalue weighted by atomic mass is 32.1. The van der Waals surface area contributed by atoms with E-state index in [0.717, 1.165) is 81.5 Å². The lowest BCUT2D eigenvalue weighted by Gasteiger charge is -2.29. The Hall–Kier alpha value is -4.52. The van der Waals surface area contributed by atoms with Crippen molar-refractivity contribution in [2.45, 2.75) is 90.4 Å². The summed E-state index contributed by atoms with van der Waals surface area (Å²) in [6.45, 7) is 9.29. The average Bonchev–Trinajstić information content (AvgIpc) is 4.05. The lowest BCUT2D eigenvalue weighted by Crippen LogP contribution is -2.49. The number of methoxy groups -OCH3 is 2. The molecule has 0 spiro atoms. The minimum Gasteiger partial charge on any atom is -0.453 e. The molecular weight excluding hydrogens is 865 g/mol. The third kappa shape index (κ3) is 11.5. The zero-order chi connectivity index (χ0) is 41.1. The number of carbonyl (C=O) groups excluding carboxylic acids is 4. The maximum absolute atomic E-state index is 13.7. The zero-order valence-electron chi connectivity index (χ0n) is 36.1. The van der Waals surface area contributed by atoms with Crippen molar-refractivity contribution < 1.29 is 28.7 Å². The van der Waals surface area contributed by atoms with E-state index in [0.29, 0.717) is 25.9 Å². The third-order valence-electron chi connectivity index (χ3n) is 11.2. The van der Waals surface area contributed by atoms with Crippen LogP contribution < -0.4 is 10.6 Å². The van der Waals surface area contributed by atoms with Crippen LogP contribution in [0, 0.1) is 11.8 Å². The van der Waals surface area contributed by atoms with Crippen molar-refractivity contribution in [2.24, 2.45) is 11.8 Å². The molecule has 4 N–H and O–H groups in total. The van der Waals surface area contributed by atoms with Crippen LogP contribution in [0.4, 0.5) is 9.59 Å². The van der Waals surface area contributed by atoms with Gasteiger partial charge in [-0.3, -0.25) is 9.59 Å². The van der Waals surface area contributed by atoms with Gasteiger partial charge in [0.05, 0.1) is 49.2 Å². The van der Waals surface area contributed by atoms with Gasteiger partial charge in [-0.15, -0.1) is 0 Å². The number of aromatic nitrogens is 4. The molecule has 2 saturated heterocycles. The molecule has 4 heterocycles. The number of benzene rings is 3. The van der Waals surface area contributed by atoms with Crippen molar-refractivity contribution in [2.75, 3.05) is 27.3 Å². The van der Waals surface area contributed by atoms with E-state index in [1.54, 1.807) is 0 Å². The fourth-order valence-electron chi connectivity index (χ4n) is 8.43. The summed E-state index contributed by atoms with van der Waals surface area (Å²) in [5.41, 5.74) is 5.67. The quantitative estimate of drug-likeness (QED) is 0.0972. The van der Waals surface area contributed by atoms with E-state index < -0.39 is 24.3 Å². The normalized spacial score (nSPS) is 16.8. The summed E-state index contributed by atoms with van der Waals surface area (Å²) in [6.07, 6.45) is 4.89. The molecule has 4 atom stereocenters. The fourth-order valence-corrected chi connectivity index (χ4v) is 8.43. The smallest absolute Gasteiger partial charge is 0.407 e. The lowest BCUT2D eigenvalue weighted by molar-refractivity contribution is -0.135. The van der Waals surface area contributed by atoms with Crippen molar-refractivity contribution in [3.8, 4) is 22.4 Å². The number of aromatic amines is 2. The molecule has 3 aromatic carbocycles. The second kappa shape index (κ2) is 22.7. The Bertz CT molecular complexity index is 2320. The van der Waals surface area contributed by atoms with Crippen LogP contribution in [0.5, 0.6) is 0 Å². The molecule has 2 fully saturated rings. The highest BCUT2D eigenvalue weighted by Crippen LogP contribution is 2.36. The fraction of sp³-hybridized carbons (Fsp3) is 0.455. The van der Waals surface area contributed by atoms with E-state index in [-0.39, 0.29) is 89.7 Å². The second-order valence-electron chi connectivity index (χ2n) is 16.3. The van der Waals surface area contributed by atoms with Crippen molar-refractivity contribution in [1.82, 2.24) is 40.4 Å². The van der Waals surface area contributed by atoms with Crippen LogP contribution in [0.15, 0.2) is 60.8 Å². The first-order chi connectivity index (χ1) is 27.9. The highest BCUT2D eigenvalue weighted by Gasteiger charge is 2.38. The van der Waals surface area contributed by atoms with Gasteiger partial charge in [-0.25, -0.2) is 19.6 Å². The van der Waals surface area contributed by atoms with Crippen LogP contribution in [-0.4, -0.2) is 93.1 Å². The van der Waals surface area contributed by atoms with Gasteiger partial charge in [0, 0.05) is 18.7 Å². The van der Waals surface area contributed by atoms with Gasteiger partial charge in [0.2, 0.25) is 11.8 Å². The summed E-state index contributed by atoms with van der Waals surface area (Å²) >= 11 is 0. The topological polar surface area (TPSA) is 175 Å². The molecule has 0 saturated carbocycles. The van der Waals surface area contributed by atoms with Crippen molar-refractivity contribution in [3.05, 3.63) is 72.4 Å². The maximum atomic E-state index is 13.7. The minimum absolute atomic E-state index is 0. The van der Waals surface area contributed by atoms with E-state index in [1.165, 1.54) is 14.2 Å². The van der Waals surface area contributed by atoms with Gasteiger partial charge in [0.15, 0.2) is 0 Å². The number of alkyl carbamates (subject to hydrolysis) is 2. The van der Waals surface area contributed by atoms with Gasteiger partial charge in [-0.05, 0) is 96.5 Å². The molecule has 0 bridgehead atoms. The van der Waals surface area contributed by atoms with Gasteiger partial charge < -0.3 is 39.9 Å². The third-order valence-corrected chi connectivity index (χ3v) is 11.2. The number of carbonyl (C=O) groups is 4.